The molecule has 1 amide bonds. The van der Waals surface area contributed by atoms with Crippen molar-refractivity contribution in [2.75, 3.05) is 13.6 Å². The maximum atomic E-state index is 11.9. The molecule has 98 valence electrons. The maximum Gasteiger partial charge on any atom is 0.234 e. The van der Waals surface area contributed by atoms with E-state index in [1.54, 1.807) is 7.05 Å². The molecule has 2 N–H and O–H groups in total. The van der Waals surface area contributed by atoms with Crippen LogP contribution in [0.3, 0.4) is 0 Å². The Morgan fingerprint density at radius 3 is 2.44 bits per heavy atom. The van der Waals surface area contributed by atoms with Crippen LogP contribution in [0.5, 0.6) is 0 Å². The number of benzene rings is 1. The molecule has 1 saturated carbocycles. The summed E-state index contributed by atoms with van der Waals surface area (Å²) < 4.78 is 0. The topological polar surface area (TPSA) is 41.1 Å². The summed E-state index contributed by atoms with van der Waals surface area (Å²) in [6, 6.07) is 10.4. The van der Waals surface area contributed by atoms with E-state index in [1.807, 2.05) is 6.07 Å². The van der Waals surface area contributed by atoms with E-state index in [2.05, 4.69) is 34.9 Å². The van der Waals surface area contributed by atoms with Gasteiger partial charge in [-0.15, -0.1) is 0 Å². The first kappa shape index (κ1) is 13.1. The SMILES string of the molecule is CNCC(=O)NC1(c2ccccc2)CCCCC1. The van der Waals surface area contributed by atoms with Gasteiger partial charge in [0.15, 0.2) is 0 Å². The molecule has 0 aromatic heterocycles. The van der Waals surface area contributed by atoms with Gasteiger partial charge in [-0.1, -0.05) is 49.6 Å². The van der Waals surface area contributed by atoms with Crippen molar-refractivity contribution in [2.24, 2.45) is 0 Å². The van der Waals surface area contributed by atoms with Crippen molar-refractivity contribution in [1.82, 2.24) is 10.6 Å². The Morgan fingerprint density at radius 2 is 1.83 bits per heavy atom. The summed E-state index contributed by atoms with van der Waals surface area (Å²) in [5, 5.41) is 6.16. The summed E-state index contributed by atoms with van der Waals surface area (Å²) in [5.41, 5.74) is 1.10. The molecule has 18 heavy (non-hydrogen) atoms. The first-order valence-electron chi connectivity index (χ1n) is 6.78. The average Bonchev–Trinajstić information content (AvgIpc) is 2.41. The molecule has 0 heterocycles. The summed E-state index contributed by atoms with van der Waals surface area (Å²) in [7, 11) is 1.80. The number of rotatable bonds is 4. The van der Waals surface area contributed by atoms with Crippen molar-refractivity contribution < 1.29 is 4.79 Å². The molecule has 3 heteroatoms. The zero-order valence-electron chi connectivity index (χ0n) is 11.0. The van der Waals surface area contributed by atoms with E-state index in [1.165, 1.54) is 24.8 Å². The average molecular weight is 246 g/mol. The minimum Gasteiger partial charge on any atom is -0.345 e. The molecular weight excluding hydrogens is 224 g/mol. The summed E-state index contributed by atoms with van der Waals surface area (Å²) in [4.78, 5) is 11.9. The molecular formula is C15H22N2O. The zero-order valence-corrected chi connectivity index (χ0v) is 11.0. The molecule has 1 fully saturated rings. The molecule has 1 aliphatic rings. The molecule has 3 nitrogen and oxygen atoms in total. The molecule has 0 spiro atoms. The molecule has 0 atom stereocenters. The number of hydrogen-bond donors (Lipinski definition) is 2. The first-order chi connectivity index (χ1) is 8.77. The molecule has 0 radical (unpaired) electrons. The lowest BCUT2D eigenvalue weighted by molar-refractivity contribution is -0.122. The summed E-state index contributed by atoms with van der Waals surface area (Å²) in [5.74, 6) is 0.0863. The van der Waals surface area contributed by atoms with Gasteiger partial charge in [-0.05, 0) is 25.5 Å². The van der Waals surface area contributed by atoms with Crippen molar-refractivity contribution in [3.8, 4) is 0 Å². The van der Waals surface area contributed by atoms with Crippen molar-refractivity contribution in [2.45, 2.75) is 37.6 Å². The highest BCUT2D eigenvalue weighted by molar-refractivity contribution is 5.79. The van der Waals surface area contributed by atoms with E-state index in [-0.39, 0.29) is 11.4 Å². The van der Waals surface area contributed by atoms with E-state index in [9.17, 15) is 4.79 Å². The minimum absolute atomic E-state index is 0.0863. The number of hydrogen-bond acceptors (Lipinski definition) is 2. The Hall–Kier alpha value is -1.35. The normalized spacial score (nSPS) is 18.3. The van der Waals surface area contributed by atoms with Crippen molar-refractivity contribution >= 4 is 5.91 Å². The highest BCUT2D eigenvalue weighted by atomic mass is 16.2. The van der Waals surface area contributed by atoms with Crippen molar-refractivity contribution in [1.29, 1.82) is 0 Å². The Kier molecular flexibility index (Phi) is 4.37. The Bertz CT molecular complexity index is 383. The van der Waals surface area contributed by atoms with Crippen molar-refractivity contribution in [3.63, 3.8) is 0 Å². The fraction of sp³-hybridized carbons (Fsp3) is 0.533. The maximum absolute atomic E-state index is 11.9. The fourth-order valence-electron chi connectivity index (χ4n) is 2.87. The quantitative estimate of drug-likeness (QED) is 0.855. The number of amides is 1. The molecule has 1 aromatic carbocycles. The second-order valence-corrected chi connectivity index (χ2v) is 5.09. The summed E-state index contributed by atoms with van der Waals surface area (Å²) in [6.07, 6.45) is 5.75. The Balaban J connectivity index is 2.20. The van der Waals surface area contributed by atoms with E-state index in [0.29, 0.717) is 6.54 Å². The van der Waals surface area contributed by atoms with Crippen molar-refractivity contribution in [3.05, 3.63) is 35.9 Å². The highest BCUT2D eigenvalue weighted by Gasteiger charge is 2.34. The van der Waals surface area contributed by atoms with Gasteiger partial charge in [0.25, 0.3) is 0 Å². The van der Waals surface area contributed by atoms with E-state index >= 15 is 0 Å². The van der Waals surface area contributed by atoms with Crippen LogP contribution in [-0.2, 0) is 10.3 Å². The van der Waals surface area contributed by atoms with Gasteiger partial charge < -0.3 is 10.6 Å². The van der Waals surface area contributed by atoms with Crippen LogP contribution in [0.2, 0.25) is 0 Å². The predicted molar refractivity (Wildman–Crippen MR) is 73.3 cm³/mol. The number of carbonyl (C=O) groups excluding carboxylic acids is 1. The predicted octanol–water partition coefficient (Wildman–Crippen LogP) is 2.18. The van der Waals surface area contributed by atoms with Gasteiger partial charge in [0.2, 0.25) is 5.91 Å². The molecule has 0 bridgehead atoms. The smallest absolute Gasteiger partial charge is 0.234 e. The van der Waals surface area contributed by atoms with Crippen LogP contribution in [-0.4, -0.2) is 19.5 Å². The van der Waals surface area contributed by atoms with Gasteiger partial charge in [0.05, 0.1) is 12.1 Å². The zero-order chi connectivity index (χ0) is 12.8. The lowest BCUT2D eigenvalue weighted by Crippen LogP contribution is -2.49. The third-order valence-corrected chi connectivity index (χ3v) is 3.75. The molecule has 0 aliphatic heterocycles. The van der Waals surface area contributed by atoms with Gasteiger partial charge in [-0.3, -0.25) is 4.79 Å². The Labute approximate surface area is 109 Å². The van der Waals surface area contributed by atoms with Gasteiger partial charge in [0, 0.05) is 0 Å². The molecule has 0 saturated heterocycles. The van der Waals surface area contributed by atoms with Crippen LogP contribution in [0.15, 0.2) is 30.3 Å². The second-order valence-electron chi connectivity index (χ2n) is 5.09. The van der Waals surface area contributed by atoms with Crippen LogP contribution >= 0.6 is 0 Å². The van der Waals surface area contributed by atoms with Gasteiger partial charge in [-0.25, -0.2) is 0 Å². The van der Waals surface area contributed by atoms with Gasteiger partial charge in [-0.2, -0.15) is 0 Å². The summed E-state index contributed by atoms with van der Waals surface area (Å²) in [6.45, 7) is 0.384. The number of nitrogens with one attached hydrogen (secondary N) is 2. The van der Waals surface area contributed by atoms with Gasteiger partial charge >= 0.3 is 0 Å². The molecule has 1 aliphatic carbocycles. The van der Waals surface area contributed by atoms with Crippen LogP contribution in [0.4, 0.5) is 0 Å². The van der Waals surface area contributed by atoms with Gasteiger partial charge in [0.1, 0.15) is 0 Å². The van der Waals surface area contributed by atoms with Crippen LogP contribution in [0.25, 0.3) is 0 Å². The Morgan fingerprint density at radius 1 is 1.17 bits per heavy atom. The summed E-state index contributed by atoms with van der Waals surface area (Å²) >= 11 is 0. The first-order valence-corrected chi connectivity index (χ1v) is 6.78. The van der Waals surface area contributed by atoms with E-state index < -0.39 is 0 Å². The van der Waals surface area contributed by atoms with E-state index in [4.69, 9.17) is 0 Å². The molecule has 1 aromatic rings. The highest BCUT2D eigenvalue weighted by Crippen LogP contribution is 2.36. The van der Waals surface area contributed by atoms with Crippen LogP contribution in [0, 0.1) is 0 Å². The lowest BCUT2D eigenvalue weighted by atomic mass is 9.76. The monoisotopic (exact) mass is 246 g/mol. The number of carbonyl (C=O) groups is 1. The largest absolute Gasteiger partial charge is 0.345 e. The second kappa shape index (κ2) is 6.01. The third-order valence-electron chi connectivity index (χ3n) is 3.75. The van der Waals surface area contributed by atoms with Crippen LogP contribution < -0.4 is 10.6 Å². The molecule has 0 unspecified atom stereocenters. The molecule has 2 rings (SSSR count). The standard InChI is InChI=1S/C15H22N2O/c1-16-12-14(18)17-15(10-6-3-7-11-15)13-8-4-2-5-9-13/h2,4-5,8-9,16H,3,6-7,10-12H2,1H3,(H,17,18). The van der Waals surface area contributed by atoms with Crippen LogP contribution in [0.1, 0.15) is 37.7 Å². The number of likely N-dealkylation sites (N-methyl/N-ethyl adjacent to an activating group) is 1. The fourth-order valence-corrected chi connectivity index (χ4v) is 2.87. The minimum atomic E-state index is -0.145. The van der Waals surface area contributed by atoms with E-state index in [0.717, 1.165) is 12.8 Å². The third kappa shape index (κ3) is 2.91. The lowest BCUT2D eigenvalue weighted by Gasteiger charge is -2.38.